The molecule has 0 amide bonds. The average molecular weight is 237 g/mol. The Balaban J connectivity index is 2.63. The first kappa shape index (κ1) is 11.7. The highest BCUT2D eigenvalue weighted by Gasteiger charge is 2.36. The molecule has 0 bridgehead atoms. The molecule has 0 aromatic carbocycles. The molecule has 0 radical (unpaired) electrons. The van der Waals surface area contributed by atoms with E-state index in [9.17, 15) is 4.79 Å². The fourth-order valence-corrected chi connectivity index (χ4v) is 2.40. The largest absolute Gasteiger partial charge is 0.475 e. The number of carboxylic acids is 1. The molecule has 0 spiro atoms. The number of oxime groups is 1. The SMILES string of the molecule is Cc1c(C(=O)O)oc2c1C(=NO)CC(C)(C)C2. The molecule has 17 heavy (non-hydrogen) atoms. The maximum atomic E-state index is 11.0. The standard InChI is InChI=1S/C12H15NO4/c1-6-9-7(13-16)4-12(2,3)5-8(9)17-10(6)11(14)15/h16H,4-5H2,1-3H3,(H,14,15). The molecule has 1 heterocycles. The monoisotopic (exact) mass is 237 g/mol. The zero-order chi connectivity index (χ0) is 12.8. The third-order valence-corrected chi connectivity index (χ3v) is 3.11. The molecule has 5 heteroatoms. The van der Waals surface area contributed by atoms with Crippen molar-refractivity contribution in [2.45, 2.75) is 33.6 Å². The molecule has 2 N–H and O–H groups in total. The molecule has 2 rings (SSSR count). The van der Waals surface area contributed by atoms with Crippen LogP contribution in [0.25, 0.3) is 0 Å². The Kier molecular flexibility index (Phi) is 2.49. The number of rotatable bonds is 1. The van der Waals surface area contributed by atoms with Crippen molar-refractivity contribution in [2.24, 2.45) is 10.6 Å². The molecule has 1 aromatic rings. The van der Waals surface area contributed by atoms with Crippen LogP contribution in [-0.4, -0.2) is 22.0 Å². The van der Waals surface area contributed by atoms with Gasteiger partial charge in [-0.25, -0.2) is 4.79 Å². The normalized spacial score (nSPS) is 20.3. The van der Waals surface area contributed by atoms with Crippen molar-refractivity contribution in [3.63, 3.8) is 0 Å². The van der Waals surface area contributed by atoms with Gasteiger partial charge in [0.05, 0.1) is 5.71 Å². The van der Waals surface area contributed by atoms with E-state index in [1.54, 1.807) is 6.92 Å². The van der Waals surface area contributed by atoms with Gasteiger partial charge in [-0.15, -0.1) is 0 Å². The van der Waals surface area contributed by atoms with Gasteiger partial charge in [0.2, 0.25) is 5.76 Å². The van der Waals surface area contributed by atoms with Gasteiger partial charge < -0.3 is 14.7 Å². The lowest BCUT2D eigenvalue weighted by Gasteiger charge is -2.28. The molecule has 0 fully saturated rings. The summed E-state index contributed by atoms with van der Waals surface area (Å²) in [7, 11) is 0. The van der Waals surface area contributed by atoms with E-state index in [-0.39, 0.29) is 11.2 Å². The van der Waals surface area contributed by atoms with Gasteiger partial charge in [0.15, 0.2) is 0 Å². The van der Waals surface area contributed by atoms with Gasteiger partial charge in [-0.2, -0.15) is 0 Å². The van der Waals surface area contributed by atoms with Crippen molar-refractivity contribution in [3.05, 3.63) is 22.6 Å². The Labute approximate surface area is 98.7 Å². The van der Waals surface area contributed by atoms with Crippen LogP contribution in [0.3, 0.4) is 0 Å². The molecule has 0 saturated heterocycles. The predicted molar refractivity (Wildman–Crippen MR) is 60.8 cm³/mol. The first-order valence-electron chi connectivity index (χ1n) is 5.42. The van der Waals surface area contributed by atoms with Gasteiger partial charge in [-0.05, 0) is 18.8 Å². The number of nitrogens with zero attached hydrogens (tertiary/aromatic N) is 1. The highest BCUT2D eigenvalue weighted by Crippen LogP contribution is 2.38. The maximum Gasteiger partial charge on any atom is 0.372 e. The molecule has 92 valence electrons. The van der Waals surface area contributed by atoms with E-state index in [2.05, 4.69) is 5.16 Å². The van der Waals surface area contributed by atoms with E-state index in [4.69, 9.17) is 14.7 Å². The topological polar surface area (TPSA) is 83.0 Å². The highest BCUT2D eigenvalue weighted by atomic mass is 16.4. The molecule has 1 aromatic heterocycles. The number of hydrogen-bond donors (Lipinski definition) is 2. The number of fused-ring (bicyclic) bond motifs is 1. The van der Waals surface area contributed by atoms with Crippen molar-refractivity contribution < 1.29 is 19.5 Å². The van der Waals surface area contributed by atoms with Crippen LogP contribution in [-0.2, 0) is 6.42 Å². The summed E-state index contributed by atoms with van der Waals surface area (Å²) in [5.41, 5.74) is 1.61. The molecular weight excluding hydrogens is 222 g/mol. The summed E-state index contributed by atoms with van der Waals surface area (Å²) >= 11 is 0. The highest BCUT2D eigenvalue weighted by molar-refractivity contribution is 6.05. The lowest BCUT2D eigenvalue weighted by Crippen LogP contribution is -2.26. The summed E-state index contributed by atoms with van der Waals surface area (Å²) in [6.45, 7) is 5.73. The van der Waals surface area contributed by atoms with E-state index in [1.165, 1.54) is 0 Å². The van der Waals surface area contributed by atoms with Gasteiger partial charge in [0.25, 0.3) is 0 Å². The minimum atomic E-state index is -1.09. The average Bonchev–Trinajstić information content (AvgIpc) is 2.53. The van der Waals surface area contributed by atoms with Gasteiger partial charge in [0.1, 0.15) is 5.76 Å². The summed E-state index contributed by atoms with van der Waals surface area (Å²) < 4.78 is 5.37. The zero-order valence-electron chi connectivity index (χ0n) is 10.1. The molecule has 0 atom stereocenters. The van der Waals surface area contributed by atoms with Crippen LogP contribution in [0.5, 0.6) is 0 Å². The number of furan rings is 1. The van der Waals surface area contributed by atoms with Crippen LogP contribution in [0.2, 0.25) is 0 Å². The number of carboxylic acid groups (broad SMARTS) is 1. The second-order valence-corrected chi connectivity index (χ2v) is 5.22. The molecule has 0 unspecified atom stereocenters. The minimum absolute atomic E-state index is 0.0612. The molecule has 1 aliphatic rings. The quantitative estimate of drug-likeness (QED) is 0.580. The van der Waals surface area contributed by atoms with Crippen LogP contribution < -0.4 is 0 Å². The van der Waals surface area contributed by atoms with Crippen molar-refractivity contribution in [3.8, 4) is 0 Å². The van der Waals surface area contributed by atoms with Gasteiger partial charge in [0, 0.05) is 17.5 Å². The van der Waals surface area contributed by atoms with E-state index >= 15 is 0 Å². The smallest absolute Gasteiger partial charge is 0.372 e. The third-order valence-electron chi connectivity index (χ3n) is 3.11. The molecule has 5 nitrogen and oxygen atoms in total. The van der Waals surface area contributed by atoms with Gasteiger partial charge in [-0.1, -0.05) is 19.0 Å². The van der Waals surface area contributed by atoms with Gasteiger partial charge in [-0.3, -0.25) is 0 Å². The second-order valence-electron chi connectivity index (χ2n) is 5.22. The van der Waals surface area contributed by atoms with Crippen molar-refractivity contribution in [1.29, 1.82) is 0 Å². The lowest BCUT2D eigenvalue weighted by molar-refractivity contribution is 0.0658. The molecule has 0 saturated carbocycles. The summed E-state index contributed by atoms with van der Waals surface area (Å²) in [5.74, 6) is -0.551. The van der Waals surface area contributed by atoms with Crippen molar-refractivity contribution in [2.75, 3.05) is 0 Å². The predicted octanol–water partition coefficient (Wildman–Crippen LogP) is 2.44. The van der Waals surface area contributed by atoms with Crippen LogP contribution in [0.4, 0.5) is 0 Å². The lowest BCUT2D eigenvalue weighted by atomic mass is 9.75. The van der Waals surface area contributed by atoms with E-state index in [0.717, 1.165) is 0 Å². The zero-order valence-corrected chi connectivity index (χ0v) is 10.1. The Morgan fingerprint density at radius 1 is 1.41 bits per heavy atom. The number of hydrogen-bond acceptors (Lipinski definition) is 4. The fraction of sp³-hybridized carbons (Fsp3) is 0.500. The number of carbonyl (C=O) groups is 1. The third kappa shape index (κ3) is 1.81. The first-order valence-corrected chi connectivity index (χ1v) is 5.42. The summed E-state index contributed by atoms with van der Waals surface area (Å²) in [4.78, 5) is 11.0. The van der Waals surface area contributed by atoms with Crippen molar-refractivity contribution in [1.82, 2.24) is 0 Å². The Morgan fingerprint density at radius 2 is 2.06 bits per heavy atom. The molecule has 0 aliphatic heterocycles. The Morgan fingerprint density at radius 3 is 2.59 bits per heavy atom. The summed E-state index contributed by atoms with van der Waals surface area (Å²) in [6.07, 6.45) is 1.26. The number of aromatic carboxylic acids is 1. The fourth-order valence-electron chi connectivity index (χ4n) is 2.40. The van der Waals surface area contributed by atoms with E-state index < -0.39 is 5.97 Å². The second kappa shape index (κ2) is 3.61. The van der Waals surface area contributed by atoms with Gasteiger partial charge >= 0.3 is 5.97 Å². The summed E-state index contributed by atoms with van der Waals surface area (Å²) in [6, 6.07) is 0. The Bertz CT molecular complexity index is 511. The van der Waals surface area contributed by atoms with Crippen LogP contribution >= 0.6 is 0 Å². The maximum absolute atomic E-state index is 11.0. The van der Waals surface area contributed by atoms with E-state index in [0.29, 0.717) is 35.4 Å². The van der Waals surface area contributed by atoms with Crippen LogP contribution in [0.1, 0.15) is 47.7 Å². The van der Waals surface area contributed by atoms with Crippen LogP contribution in [0.15, 0.2) is 9.57 Å². The minimum Gasteiger partial charge on any atom is -0.475 e. The van der Waals surface area contributed by atoms with Crippen LogP contribution in [0, 0.1) is 12.3 Å². The van der Waals surface area contributed by atoms with Crippen molar-refractivity contribution >= 4 is 11.7 Å². The van der Waals surface area contributed by atoms with E-state index in [1.807, 2.05) is 13.8 Å². The molecule has 1 aliphatic carbocycles. The molecular formula is C12H15NO4. The Hall–Kier alpha value is -1.78. The summed E-state index contributed by atoms with van der Waals surface area (Å²) in [5, 5.41) is 21.3. The first-order chi connectivity index (χ1) is 7.85.